The molecule has 1 saturated heterocycles. The molecule has 0 saturated carbocycles. The van der Waals surface area contributed by atoms with Gasteiger partial charge in [0.15, 0.2) is 11.6 Å². The van der Waals surface area contributed by atoms with Crippen molar-refractivity contribution >= 4 is 17.2 Å². The standard InChI is InChI=1S/C24H24F2N2O2S/c1-17-3-2-4-18(11-17)14-27-7-9-28(10-8-27)24(29)23-12-19(16-31-23)15-30-22-6-5-20(25)13-21(22)26/h2-6,11-13,16H,7-10,14-15H2,1H3. The van der Waals surface area contributed by atoms with Crippen LogP contribution in [0.3, 0.4) is 0 Å². The lowest BCUT2D eigenvalue weighted by Crippen LogP contribution is -2.48. The average molecular weight is 443 g/mol. The Morgan fingerprint density at radius 2 is 1.84 bits per heavy atom. The molecule has 0 radical (unpaired) electrons. The van der Waals surface area contributed by atoms with E-state index in [0.29, 0.717) is 18.0 Å². The fourth-order valence-electron chi connectivity index (χ4n) is 3.65. The number of piperazine rings is 1. The van der Waals surface area contributed by atoms with Gasteiger partial charge in [0.2, 0.25) is 0 Å². The van der Waals surface area contributed by atoms with Gasteiger partial charge in [0.25, 0.3) is 5.91 Å². The minimum Gasteiger partial charge on any atom is -0.486 e. The van der Waals surface area contributed by atoms with Crippen LogP contribution >= 0.6 is 11.3 Å². The second-order valence-corrected chi connectivity index (χ2v) is 8.65. The first kappa shape index (κ1) is 21.5. The van der Waals surface area contributed by atoms with Crippen molar-refractivity contribution < 1.29 is 18.3 Å². The molecule has 0 atom stereocenters. The van der Waals surface area contributed by atoms with Crippen LogP contribution in [0.15, 0.2) is 53.9 Å². The number of rotatable bonds is 6. The van der Waals surface area contributed by atoms with Crippen molar-refractivity contribution in [2.45, 2.75) is 20.1 Å². The highest BCUT2D eigenvalue weighted by Gasteiger charge is 2.23. The Labute approximate surface area is 184 Å². The second-order valence-electron chi connectivity index (χ2n) is 7.74. The maximum Gasteiger partial charge on any atom is 0.264 e. The summed E-state index contributed by atoms with van der Waals surface area (Å²) < 4.78 is 32.1. The number of ether oxygens (including phenoxy) is 1. The van der Waals surface area contributed by atoms with Crippen molar-refractivity contribution in [3.63, 3.8) is 0 Å². The molecule has 7 heteroatoms. The third-order valence-electron chi connectivity index (χ3n) is 5.30. The van der Waals surface area contributed by atoms with E-state index >= 15 is 0 Å². The lowest BCUT2D eigenvalue weighted by atomic mass is 10.1. The van der Waals surface area contributed by atoms with Gasteiger partial charge in [0.05, 0.1) is 4.88 Å². The minimum absolute atomic E-state index is 0.00907. The van der Waals surface area contributed by atoms with Crippen LogP contribution in [0.2, 0.25) is 0 Å². The smallest absolute Gasteiger partial charge is 0.264 e. The molecule has 2 heterocycles. The van der Waals surface area contributed by atoms with Gasteiger partial charge in [-0.05, 0) is 36.1 Å². The summed E-state index contributed by atoms with van der Waals surface area (Å²) >= 11 is 1.36. The van der Waals surface area contributed by atoms with Crippen LogP contribution < -0.4 is 4.74 Å². The summed E-state index contributed by atoms with van der Waals surface area (Å²) in [4.78, 5) is 17.8. The molecule has 0 bridgehead atoms. The summed E-state index contributed by atoms with van der Waals surface area (Å²) in [5.74, 6) is -1.38. The lowest BCUT2D eigenvalue weighted by Gasteiger charge is -2.34. The summed E-state index contributed by atoms with van der Waals surface area (Å²) in [5, 5.41) is 1.84. The van der Waals surface area contributed by atoms with E-state index in [1.54, 1.807) is 6.07 Å². The molecule has 1 amide bonds. The highest BCUT2D eigenvalue weighted by atomic mass is 32.1. The Balaban J connectivity index is 1.29. The number of nitrogens with zero attached hydrogens (tertiary/aromatic N) is 2. The van der Waals surface area contributed by atoms with Gasteiger partial charge in [0.1, 0.15) is 12.4 Å². The van der Waals surface area contributed by atoms with Gasteiger partial charge in [-0.25, -0.2) is 8.78 Å². The van der Waals surface area contributed by atoms with E-state index in [0.717, 1.165) is 37.3 Å². The molecule has 2 aromatic carbocycles. The van der Waals surface area contributed by atoms with E-state index in [9.17, 15) is 13.6 Å². The molecule has 1 fully saturated rings. The molecule has 0 unspecified atom stereocenters. The Hall–Kier alpha value is -2.77. The van der Waals surface area contributed by atoms with E-state index in [1.807, 2.05) is 10.3 Å². The summed E-state index contributed by atoms with van der Waals surface area (Å²) in [5.41, 5.74) is 3.33. The molecule has 4 rings (SSSR count). The zero-order valence-corrected chi connectivity index (χ0v) is 18.1. The molecule has 0 aliphatic carbocycles. The van der Waals surface area contributed by atoms with Gasteiger partial charge in [-0.3, -0.25) is 9.69 Å². The van der Waals surface area contributed by atoms with Gasteiger partial charge in [-0.15, -0.1) is 11.3 Å². The fraction of sp³-hybridized carbons (Fsp3) is 0.292. The Kier molecular flexibility index (Phi) is 6.63. The average Bonchev–Trinajstić information content (AvgIpc) is 3.22. The number of carbonyl (C=O) groups excluding carboxylic acids is 1. The summed E-state index contributed by atoms with van der Waals surface area (Å²) in [6.45, 7) is 6.16. The van der Waals surface area contributed by atoms with Crippen LogP contribution in [0, 0.1) is 18.6 Å². The molecule has 1 aliphatic rings. The zero-order chi connectivity index (χ0) is 21.8. The molecule has 1 aromatic heterocycles. The van der Waals surface area contributed by atoms with Gasteiger partial charge >= 0.3 is 0 Å². The molecular formula is C24H24F2N2O2S. The maximum absolute atomic E-state index is 13.7. The number of amides is 1. The van der Waals surface area contributed by atoms with Crippen molar-refractivity contribution in [1.82, 2.24) is 9.80 Å². The maximum atomic E-state index is 13.7. The number of hydrogen-bond donors (Lipinski definition) is 0. The highest BCUT2D eigenvalue weighted by molar-refractivity contribution is 7.12. The van der Waals surface area contributed by atoms with Crippen LogP contribution in [0.1, 0.15) is 26.4 Å². The predicted octanol–water partition coefficient (Wildman–Crippen LogP) is 4.87. The number of thiophene rings is 1. The lowest BCUT2D eigenvalue weighted by molar-refractivity contribution is 0.0633. The summed E-state index contributed by atoms with van der Waals surface area (Å²) in [7, 11) is 0. The predicted molar refractivity (Wildman–Crippen MR) is 117 cm³/mol. The molecule has 4 nitrogen and oxygen atoms in total. The Bertz CT molecular complexity index is 1060. The van der Waals surface area contributed by atoms with Crippen LogP contribution in [-0.4, -0.2) is 41.9 Å². The first-order valence-corrected chi connectivity index (χ1v) is 11.1. The topological polar surface area (TPSA) is 32.8 Å². The van der Waals surface area contributed by atoms with E-state index in [-0.39, 0.29) is 18.3 Å². The van der Waals surface area contributed by atoms with Crippen molar-refractivity contribution in [3.8, 4) is 5.75 Å². The first-order valence-electron chi connectivity index (χ1n) is 10.2. The van der Waals surface area contributed by atoms with E-state index < -0.39 is 11.6 Å². The summed E-state index contributed by atoms with van der Waals surface area (Å²) in [6, 6.07) is 13.5. The van der Waals surface area contributed by atoms with Gasteiger partial charge < -0.3 is 9.64 Å². The molecule has 31 heavy (non-hydrogen) atoms. The quantitative estimate of drug-likeness (QED) is 0.546. The minimum atomic E-state index is -0.741. The number of hydrogen-bond acceptors (Lipinski definition) is 4. The van der Waals surface area contributed by atoms with Crippen molar-refractivity contribution in [3.05, 3.63) is 87.1 Å². The van der Waals surface area contributed by atoms with Gasteiger partial charge in [-0.1, -0.05) is 29.8 Å². The summed E-state index contributed by atoms with van der Waals surface area (Å²) in [6.07, 6.45) is 0. The van der Waals surface area contributed by atoms with Gasteiger partial charge in [0, 0.05) is 44.4 Å². The normalized spacial score (nSPS) is 14.6. The Morgan fingerprint density at radius 3 is 2.58 bits per heavy atom. The van der Waals surface area contributed by atoms with Crippen LogP contribution in [-0.2, 0) is 13.2 Å². The molecule has 3 aromatic rings. The number of carbonyl (C=O) groups is 1. The van der Waals surface area contributed by atoms with Crippen molar-refractivity contribution in [2.75, 3.05) is 26.2 Å². The number of benzene rings is 2. The molecule has 0 spiro atoms. The third kappa shape index (κ3) is 5.48. The molecule has 0 N–H and O–H groups in total. The van der Waals surface area contributed by atoms with E-state index in [2.05, 4.69) is 36.1 Å². The number of halogens is 2. The first-order chi connectivity index (χ1) is 15.0. The van der Waals surface area contributed by atoms with Crippen LogP contribution in [0.25, 0.3) is 0 Å². The molecular weight excluding hydrogens is 418 g/mol. The SMILES string of the molecule is Cc1cccc(CN2CCN(C(=O)c3cc(COc4ccc(F)cc4F)cs3)CC2)c1. The zero-order valence-electron chi connectivity index (χ0n) is 17.3. The number of aryl methyl sites for hydroxylation is 1. The molecule has 162 valence electrons. The fourth-order valence-corrected chi connectivity index (χ4v) is 4.51. The monoisotopic (exact) mass is 442 g/mol. The Morgan fingerprint density at radius 1 is 1.03 bits per heavy atom. The second kappa shape index (κ2) is 9.58. The van der Waals surface area contributed by atoms with Crippen LogP contribution in [0.4, 0.5) is 8.78 Å². The van der Waals surface area contributed by atoms with Crippen LogP contribution in [0.5, 0.6) is 5.75 Å². The largest absolute Gasteiger partial charge is 0.486 e. The van der Waals surface area contributed by atoms with Gasteiger partial charge in [-0.2, -0.15) is 0 Å². The van der Waals surface area contributed by atoms with Crippen molar-refractivity contribution in [2.24, 2.45) is 0 Å². The van der Waals surface area contributed by atoms with E-state index in [4.69, 9.17) is 4.74 Å². The third-order valence-corrected chi connectivity index (χ3v) is 6.27. The van der Waals surface area contributed by atoms with E-state index in [1.165, 1.54) is 28.5 Å². The molecule has 1 aliphatic heterocycles. The van der Waals surface area contributed by atoms with Crippen molar-refractivity contribution in [1.29, 1.82) is 0 Å². The highest BCUT2D eigenvalue weighted by Crippen LogP contribution is 2.22.